The van der Waals surface area contributed by atoms with Crippen LogP contribution >= 0.6 is 12.2 Å². The summed E-state index contributed by atoms with van der Waals surface area (Å²) < 4.78 is 1.91. The highest BCUT2D eigenvalue weighted by atomic mass is 32.1. The average molecular weight is 372 g/mol. The van der Waals surface area contributed by atoms with Crippen LogP contribution in [0, 0.1) is 22.5 Å². The van der Waals surface area contributed by atoms with E-state index in [9.17, 15) is 9.59 Å². The van der Waals surface area contributed by atoms with Crippen molar-refractivity contribution in [2.24, 2.45) is 17.8 Å². The molecule has 4 rings (SSSR count). The molecule has 5 nitrogen and oxygen atoms in total. The van der Waals surface area contributed by atoms with Gasteiger partial charge in [0.05, 0.1) is 10.9 Å². The van der Waals surface area contributed by atoms with Gasteiger partial charge in [-0.3, -0.25) is 14.2 Å². The third-order valence-electron chi connectivity index (χ3n) is 6.35. The highest BCUT2D eigenvalue weighted by Gasteiger charge is 2.42. The molecule has 2 saturated carbocycles. The van der Waals surface area contributed by atoms with E-state index in [1.54, 1.807) is 18.2 Å². The molecule has 2 aliphatic rings. The molecule has 26 heavy (non-hydrogen) atoms. The third-order valence-corrected chi connectivity index (χ3v) is 6.68. The maximum atomic E-state index is 12.7. The number of amides is 1. The summed E-state index contributed by atoms with van der Waals surface area (Å²) in [5, 5.41) is 3.73. The number of hydrogen-bond acceptors (Lipinski definition) is 3. The number of benzene rings is 1. The summed E-state index contributed by atoms with van der Waals surface area (Å²) in [6.07, 6.45) is 5.25. The van der Waals surface area contributed by atoms with E-state index in [-0.39, 0.29) is 17.5 Å². The lowest BCUT2D eigenvalue weighted by molar-refractivity contribution is 0.0915. The summed E-state index contributed by atoms with van der Waals surface area (Å²) in [6, 6.07) is 5.35. The molecule has 2 bridgehead atoms. The van der Waals surface area contributed by atoms with Crippen LogP contribution in [0.5, 0.6) is 0 Å². The molecule has 0 spiro atoms. The van der Waals surface area contributed by atoms with Gasteiger partial charge in [0, 0.05) is 18.2 Å². The number of nitrogens with one attached hydrogen (secondary N) is 2. The Morgan fingerprint density at radius 1 is 1.38 bits per heavy atom. The summed E-state index contributed by atoms with van der Waals surface area (Å²) in [7, 11) is 0. The van der Waals surface area contributed by atoms with Crippen LogP contribution in [0.15, 0.2) is 23.0 Å². The molecule has 0 radical (unpaired) electrons. The minimum atomic E-state index is -0.117. The molecule has 2 fully saturated rings. The van der Waals surface area contributed by atoms with Crippen molar-refractivity contribution in [3.63, 3.8) is 0 Å². The van der Waals surface area contributed by atoms with Gasteiger partial charge in [0.2, 0.25) is 0 Å². The van der Waals surface area contributed by atoms with Crippen LogP contribution in [0.25, 0.3) is 10.9 Å². The second-order valence-electron chi connectivity index (χ2n) is 7.84. The van der Waals surface area contributed by atoms with Crippen LogP contribution in [0.2, 0.25) is 0 Å². The van der Waals surface area contributed by atoms with Crippen molar-refractivity contribution in [2.45, 2.75) is 52.1 Å². The monoisotopic (exact) mass is 371 g/mol. The number of nitrogens with zero attached hydrogens (tertiary/aromatic N) is 1. The molecule has 0 unspecified atom stereocenters. The van der Waals surface area contributed by atoms with Crippen molar-refractivity contribution in [3.8, 4) is 0 Å². The third kappa shape index (κ3) is 2.90. The van der Waals surface area contributed by atoms with E-state index in [1.165, 1.54) is 30.3 Å². The standard InChI is InChI=1S/C20H25N3O2S/c1-3-23-19(25)15-7-6-14(10-17(15)22-20(23)26)18(24)21-11(2)16-9-12-4-5-13(16)8-12/h6-7,10-13,16H,3-5,8-9H2,1-2H3,(H,21,24)(H,22,26)/t11-,12+,13+,16-/m1/s1. The second kappa shape index (κ2) is 6.65. The highest BCUT2D eigenvalue weighted by molar-refractivity contribution is 7.71. The SMILES string of the molecule is CCn1c(=S)[nH]c2cc(C(=O)N[C@H](C)[C@H]3C[C@H]4CC[C@H]3C4)ccc2c1=O. The van der Waals surface area contributed by atoms with Crippen molar-refractivity contribution >= 4 is 29.0 Å². The molecule has 1 aromatic carbocycles. The smallest absolute Gasteiger partial charge is 0.262 e. The Bertz CT molecular complexity index is 977. The Hall–Kier alpha value is -1.95. The quantitative estimate of drug-likeness (QED) is 0.807. The largest absolute Gasteiger partial charge is 0.349 e. The molecule has 6 heteroatoms. The fourth-order valence-electron chi connectivity index (χ4n) is 4.99. The number of aromatic amines is 1. The second-order valence-corrected chi connectivity index (χ2v) is 8.23. The van der Waals surface area contributed by atoms with Crippen LogP contribution < -0.4 is 10.9 Å². The molecule has 2 aliphatic carbocycles. The van der Waals surface area contributed by atoms with Crippen molar-refractivity contribution < 1.29 is 4.79 Å². The number of carbonyl (C=O) groups is 1. The van der Waals surface area contributed by atoms with Crippen LogP contribution in [0.3, 0.4) is 0 Å². The molecule has 2 aromatic rings. The van der Waals surface area contributed by atoms with Gasteiger partial charge in [0.1, 0.15) is 0 Å². The van der Waals surface area contributed by atoms with Crippen LogP contribution in [-0.2, 0) is 6.54 Å². The molecular weight excluding hydrogens is 346 g/mol. The van der Waals surface area contributed by atoms with E-state index in [2.05, 4.69) is 17.2 Å². The average Bonchev–Trinajstić information content (AvgIpc) is 3.25. The molecule has 0 saturated heterocycles. The Morgan fingerprint density at radius 2 is 2.19 bits per heavy atom. The first-order valence-electron chi connectivity index (χ1n) is 9.55. The van der Waals surface area contributed by atoms with E-state index >= 15 is 0 Å². The van der Waals surface area contributed by atoms with Gasteiger partial charge in [-0.2, -0.15) is 0 Å². The number of H-pyrrole nitrogens is 1. The number of rotatable bonds is 4. The molecule has 138 valence electrons. The van der Waals surface area contributed by atoms with E-state index in [1.807, 2.05) is 6.92 Å². The first-order chi connectivity index (χ1) is 12.5. The first kappa shape index (κ1) is 17.5. The summed E-state index contributed by atoms with van der Waals surface area (Å²) >= 11 is 5.25. The molecular formula is C20H25N3O2S. The van der Waals surface area contributed by atoms with Crippen molar-refractivity contribution in [2.75, 3.05) is 0 Å². The lowest BCUT2D eigenvalue weighted by atomic mass is 9.84. The lowest BCUT2D eigenvalue weighted by Gasteiger charge is -2.28. The Morgan fingerprint density at radius 3 is 2.85 bits per heavy atom. The molecule has 1 aromatic heterocycles. The number of carbonyl (C=O) groups excluding carboxylic acids is 1. The molecule has 4 atom stereocenters. The highest BCUT2D eigenvalue weighted by Crippen LogP contribution is 2.49. The number of fused-ring (bicyclic) bond motifs is 3. The topological polar surface area (TPSA) is 66.9 Å². The molecule has 2 N–H and O–H groups in total. The molecule has 1 amide bonds. The van der Waals surface area contributed by atoms with Crippen molar-refractivity contribution in [1.29, 1.82) is 0 Å². The van der Waals surface area contributed by atoms with Gasteiger partial charge >= 0.3 is 0 Å². The van der Waals surface area contributed by atoms with Gasteiger partial charge < -0.3 is 10.3 Å². The summed E-state index contributed by atoms with van der Waals surface area (Å²) in [4.78, 5) is 28.3. The zero-order valence-electron chi connectivity index (χ0n) is 15.2. The minimum Gasteiger partial charge on any atom is -0.349 e. The van der Waals surface area contributed by atoms with Crippen molar-refractivity contribution in [3.05, 3.63) is 38.9 Å². The van der Waals surface area contributed by atoms with Crippen LogP contribution in [-0.4, -0.2) is 21.5 Å². The zero-order valence-corrected chi connectivity index (χ0v) is 16.1. The lowest BCUT2D eigenvalue weighted by Crippen LogP contribution is -2.40. The number of hydrogen-bond donors (Lipinski definition) is 2. The Kier molecular flexibility index (Phi) is 4.47. The van der Waals surface area contributed by atoms with Crippen LogP contribution in [0.4, 0.5) is 0 Å². The fraction of sp³-hybridized carbons (Fsp3) is 0.550. The van der Waals surface area contributed by atoms with Gasteiger partial charge in [-0.25, -0.2) is 0 Å². The predicted molar refractivity (Wildman–Crippen MR) is 105 cm³/mol. The zero-order chi connectivity index (χ0) is 18.4. The minimum absolute atomic E-state index is 0.0823. The molecule has 0 aliphatic heterocycles. The van der Waals surface area contributed by atoms with Gasteiger partial charge in [0.15, 0.2) is 4.77 Å². The van der Waals surface area contributed by atoms with Gasteiger partial charge in [-0.15, -0.1) is 0 Å². The van der Waals surface area contributed by atoms with E-state index < -0.39 is 0 Å². The van der Waals surface area contributed by atoms with E-state index in [4.69, 9.17) is 12.2 Å². The summed E-state index contributed by atoms with van der Waals surface area (Å²) in [5.41, 5.74) is 1.06. The first-order valence-corrected chi connectivity index (χ1v) is 9.96. The summed E-state index contributed by atoms with van der Waals surface area (Å²) in [5.74, 6) is 2.16. The van der Waals surface area contributed by atoms with Gasteiger partial charge in [-0.05, 0) is 81.3 Å². The van der Waals surface area contributed by atoms with Gasteiger partial charge in [-0.1, -0.05) is 6.42 Å². The maximum absolute atomic E-state index is 12.7. The normalized spacial score (nSPS) is 25.5. The maximum Gasteiger partial charge on any atom is 0.262 e. The van der Waals surface area contributed by atoms with E-state index in [0.29, 0.717) is 33.7 Å². The summed E-state index contributed by atoms with van der Waals surface area (Å²) in [6.45, 7) is 4.53. The Labute approximate surface area is 157 Å². The Balaban J connectivity index is 1.57. The van der Waals surface area contributed by atoms with Crippen LogP contribution in [0.1, 0.15) is 49.9 Å². The van der Waals surface area contributed by atoms with E-state index in [0.717, 1.165) is 11.8 Å². The fourth-order valence-corrected chi connectivity index (χ4v) is 5.31. The van der Waals surface area contributed by atoms with Crippen molar-refractivity contribution in [1.82, 2.24) is 14.9 Å². The van der Waals surface area contributed by atoms with Gasteiger partial charge in [0.25, 0.3) is 11.5 Å². The molecule has 1 heterocycles. The number of aromatic nitrogens is 2. The predicted octanol–water partition coefficient (Wildman–Crippen LogP) is 3.63.